The highest BCUT2D eigenvalue weighted by Gasteiger charge is 2.01. The molecule has 0 heterocycles. The molecule has 3 heteroatoms. The van der Waals surface area contributed by atoms with Crippen molar-refractivity contribution >= 4 is 0 Å². The maximum absolute atomic E-state index is 9.50. The van der Waals surface area contributed by atoms with E-state index in [1.54, 1.807) is 12.1 Å². The van der Waals surface area contributed by atoms with Crippen molar-refractivity contribution in [1.29, 1.82) is 0 Å². The van der Waals surface area contributed by atoms with Crippen molar-refractivity contribution in [3.63, 3.8) is 0 Å². The molecule has 0 amide bonds. The molecule has 3 aromatic rings. The Hall–Kier alpha value is -2.94. The summed E-state index contributed by atoms with van der Waals surface area (Å²) in [5.74, 6) is 1.03. The minimum Gasteiger partial charge on any atom is -0.508 e. The molecule has 0 aliphatic carbocycles. The lowest BCUT2D eigenvalue weighted by atomic mass is 10.0. The van der Waals surface area contributed by atoms with Gasteiger partial charge in [-0.1, -0.05) is 42.5 Å². The van der Waals surface area contributed by atoms with E-state index < -0.39 is 0 Å². The lowest BCUT2D eigenvalue weighted by Gasteiger charge is -2.08. The van der Waals surface area contributed by atoms with Crippen LogP contribution in [0, 0.1) is 0 Å². The van der Waals surface area contributed by atoms with Crippen LogP contribution in [0.3, 0.4) is 0 Å². The van der Waals surface area contributed by atoms with Crippen LogP contribution in [0.4, 0.5) is 0 Å². The Morgan fingerprint density at radius 3 is 1.92 bits per heavy atom. The summed E-state index contributed by atoms with van der Waals surface area (Å²) in [6.07, 6.45) is 1.59. The van der Waals surface area contributed by atoms with Gasteiger partial charge in [0.2, 0.25) is 0 Å². The molecule has 0 aliphatic rings. The van der Waals surface area contributed by atoms with Gasteiger partial charge in [0, 0.05) is 6.07 Å². The third-order valence-corrected chi connectivity index (χ3v) is 3.84. The summed E-state index contributed by atoms with van der Waals surface area (Å²) >= 11 is 0. The van der Waals surface area contributed by atoms with Crippen molar-refractivity contribution in [2.24, 2.45) is 0 Å². The van der Waals surface area contributed by atoms with Gasteiger partial charge in [0.05, 0.1) is 0 Å². The number of aryl methyl sites for hydroxylation is 2. The summed E-state index contributed by atoms with van der Waals surface area (Å²) in [4.78, 5) is 0. The molecule has 0 saturated carbocycles. The Balaban J connectivity index is 1.54. The van der Waals surface area contributed by atoms with Crippen LogP contribution in [0.5, 0.6) is 17.2 Å². The van der Waals surface area contributed by atoms with Crippen LogP contribution >= 0.6 is 0 Å². The van der Waals surface area contributed by atoms with Gasteiger partial charge in [-0.2, -0.15) is 0 Å². The maximum Gasteiger partial charge on any atom is 0.119 e. The first-order chi connectivity index (χ1) is 11.7. The molecular formula is C21H20O3. The number of phenolic OH excluding ortho intramolecular Hbond substituents is 2. The molecule has 0 atom stereocenters. The molecule has 3 aromatic carbocycles. The second kappa shape index (κ2) is 7.55. The smallest absolute Gasteiger partial charge is 0.119 e. The zero-order chi connectivity index (χ0) is 16.8. The molecule has 0 aromatic heterocycles. The lowest BCUT2D eigenvalue weighted by Crippen LogP contribution is -1.96. The maximum atomic E-state index is 9.50. The van der Waals surface area contributed by atoms with Crippen molar-refractivity contribution in [1.82, 2.24) is 0 Å². The summed E-state index contributed by atoms with van der Waals surface area (Å²) in [6.45, 7) is 0.558. The number of rotatable bonds is 6. The first-order valence-electron chi connectivity index (χ1n) is 7.96. The predicted molar refractivity (Wildman–Crippen MR) is 94.4 cm³/mol. The van der Waals surface area contributed by atoms with Crippen LogP contribution in [0.2, 0.25) is 0 Å². The fraction of sp³-hybridized carbons (Fsp3) is 0.143. The molecule has 3 rings (SSSR count). The van der Waals surface area contributed by atoms with Crippen molar-refractivity contribution in [3.05, 3.63) is 89.5 Å². The van der Waals surface area contributed by atoms with Gasteiger partial charge >= 0.3 is 0 Å². The van der Waals surface area contributed by atoms with E-state index in [2.05, 4.69) is 0 Å². The molecular weight excluding hydrogens is 300 g/mol. The SMILES string of the molecule is Oc1cc(O)cc(CCc2ccc(OCc3ccccc3)cc2)c1. The van der Waals surface area contributed by atoms with Crippen LogP contribution in [0.25, 0.3) is 0 Å². The molecule has 122 valence electrons. The Morgan fingerprint density at radius 1 is 0.625 bits per heavy atom. The van der Waals surface area contributed by atoms with Gasteiger partial charge in [-0.05, 0) is 53.8 Å². The number of hydrogen-bond acceptors (Lipinski definition) is 3. The normalized spacial score (nSPS) is 10.5. The van der Waals surface area contributed by atoms with E-state index in [4.69, 9.17) is 4.74 Å². The lowest BCUT2D eigenvalue weighted by molar-refractivity contribution is 0.306. The van der Waals surface area contributed by atoms with Crippen LogP contribution in [-0.4, -0.2) is 10.2 Å². The van der Waals surface area contributed by atoms with Crippen molar-refractivity contribution in [2.75, 3.05) is 0 Å². The summed E-state index contributed by atoms with van der Waals surface area (Å²) in [7, 11) is 0. The first kappa shape index (κ1) is 15.9. The zero-order valence-corrected chi connectivity index (χ0v) is 13.4. The summed E-state index contributed by atoms with van der Waals surface area (Å²) in [5, 5.41) is 19.0. The van der Waals surface area contributed by atoms with E-state index in [0.717, 1.165) is 29.7 Å². The molecule has 2 N–H and O–H groups in total. The molecule has 0 unspecified atom stereocenters. The zero-order valence-electron chi connectivity index (χ0n) is 13.4. The summed E-state index contributed by atoms with van der Waals surface area (Å²) < 4.78 is 5.78. The van der Waals surface area contributed by atoms with Crippen LogP contribution in [-0.2, 0) is 19.4 Å². The van der Waals surface area contributed by atoms with E-state index >= 15 is 0 Å². The highest BCUT2D eigenvalue weighted by atomic mass is 16.5. The van der Waals surface area contributed by atoms with Crippen molar-refractivity contribution < 1.29 is 14.9 Å². The monoisotopic (exact) mass is 320 g/mol. The summed E-state index contributed by atoms with van der Waals surface area (Å²) in [5.41, 5.74) is 3.24. The topological polar surface area (TPSA) is 49.7 Å². The number of hydrogen-bond donors (Lipinski definition) is 2. The van der Waals surface area contributed by atoms with Gasteiger partial charge in [-0.25, -0.2) is 0 Å². The fourth-order valence-corrected chi connectivity index (χ4v) is 2.58. The van der Waals surface area contributed by atoms with E-state index in [0.29, 0.717) is 6.61 Å². The number of benzene rings is 3. The summed E-state index contributed by atoms with van der Waals surface area (Å²) in [6, 6.07) is 22.8. The largest absolute Gasteiger partial charge is 0.508 e. The minimum atomic E-state index is 0.0923. The van der Waals surface area contributed by atoms with Crippen molar-refractivity contribution in [3.8, 4) is 17.2 Å². The van der Waals surface area contributed by atoms with Gasteiger partial charge in [0.15, 0.2) is 0 Å². The highest BCUT2D eigenvalue weighted by molar-refractivity contribution is 5.37. The predicted octanol–water partition coefficient (Wildman–Crippen LogP) is 4.46. The van der Waals surface area contributed by atoms with Gasteiger partial charge < -0.3 is 14.9 Å². The van der Waals surface area contributed by atoms with E-state index in [1.165, 1.54) is 11.6 Å². The average Bonchev–Trinajstić information content (AvgIpc) is 2.59. The van der Waals surface area contributed by atoms with Gasteiger partial charge in [0.25, 0.3) is 0 Å². The molecule has 0 aliphatic heterocycles. The molecule has 0 spiro atoms. The Bertz CT molecular complexity index is 760. The van der Waals surface area contributed by atoms with Gasteiger partial charge in [-0.3, -0.25) is 0 Å². The third kappa shape index (κ3) is 4.53. The molecule has 0 bridgehead atoms. The van der Waals surface area contributed by atoms with Crippen LogP contribution < -0.4 is 4.74 Å². The first-order valence-corrected chi connectivity index (χ1v) is 7.96. The Morgan fingerprint density at radius 2 is 1.25 bits per heavy atom. The van der Waals surface area contributed by atoms with Gasteiger partial charge in [-0.15, -0.1) is 0 Å². The van der Waals surface area contributed by atoms with E-state index in [-0.39, 0.29) is 11.5 Å². The standard InChI is InChI=1S/C21H20O3/c22-19-12-18(13-20(23)14-19)7-6-16-8-10-21(11-9-16)24-15-17-4-2-1-3-5-17/h1-5,8-14,22-23H,6-7,15H2. The molecule has 0 saturated heterocycles. The molecule has 24 heavy (non-hydrogen) atoms. The van der Waals surface area contributed by atoms with Gasteiger partial charge in [0.1, 0.15) is 23.9 Å². The minimum absolute atomic E-state index is 0.0923. The Kier molecular flexibility index (Phi) is 5.02. The third-order valence-electron chi connectivity index (χ3n) is 3.84. The fourth-order valence-electron chi connectivity index (χ4n) is 2.58. The quantitative estimate of drug-likeness (QED) is 0.705. The van der Waals surface area contributed by atoms with E-state index in [9.17, 15) is 10.2 Å². The number of ether oxygens (including phenoxy) is 1. The average molecular weight is 320 g/mol. The van der Waals surface area contributed by atoms with Crippen molar-refractivity contribution in [2.45, 2.75) is 19.4 Å². The number of phenols is 2. The molecule has 0 radical (unpaired) electrons. The van der Waals surface area contributed by atoms with Crippen LogP contribution in [0.1, 0.15) is 16.7 Å². The molecule has 0 fully saturated rings. The molecule has 3 nitrogen and oxygen atoms in total. The Labute approximate surface area is 141 Å². The highest BCUT2D eigenvalue weighted by Crippen LogP contribution is 2.22. The van der Waals surface area contributed by atoms with E-state index in [1.807, 2.05) is 54.6 Å². The second-order valence-electron chi connectivity index (χ2n) is 5.78. The number of aromatic hydroxyl groups is 2. The van der Waals surface area contributed by atoms with Crippen LogP contribution in [0.15, 0.2) is 72.8 Å². The second-order valence-corrected chi connectivity index (χ2v) is 5.78.